The SMILES string of the molecule is Cn1nccc1CCN1CC(C(C)(C)C)NCC1C1CC1. The average molecular weight is 290 g/mol. The maximum Gasteiger partial charge on any atom is 0.0492 e. The van der Waals surface area contributed by atoms with Gasteiger partial charge in [-0.3, -0.25) is 9.58 Å². The van der Waals surface area contributed by atoms with E-state index < -0.39 is 0 Å². The fourth-order valence-electron chi connectivity index (χ4n) is 3.51. The highest BCUT2D eigenvalue weighted by Gasteiger charge is 2.40. The molecule has 1 N–H and O–H groups in total. The lowest BCUT2D eigenvalue weighted by Gasteiger charge is -2.45. The van der Waals surface area contributed by atoms with Gasteiger partial charge >= 0.3 is 0 Å². The van der Waals surface area contributed by atoms with Gasteiger partial charge in [-0.25, -0.2) is 0 Å². The summed E-state index contributed by atoms with van der Waals surface area (Å²) in [4.78, 5) is 2.75. The molecular weight excluding hydrogens is 260 g/mol. The molecule has 0 spiro atoms. The first-order valence-corrected chi connectivity index (χ1v) is 8.39. The lowest BCUT2D eigenvalue weighted by molar-refractivity contribution is 0.0756. The number of hydrogen-bond donors (Lipinski definition) is 1. The van der Waals surface area contributed by atoms with Gasteiger partial charge in [-0.1, -0.05) is 20.8 Å². The molecule has 2 atom stereocenters. The van der Waals surface area contributed by atoms with Crippen LogP contribution in [0.1, 0.15) is 39.3 Å². The van der Waals surface area contributed by atoms with Crippen LogP contribution in [-0.4, -0.2) is 46.4 Å². The molecule has 4 heteroatoms. The molecule has 21 heavy (non-hydrogen) atoms. The Morgan fingerprint density at radius 3 is 2.67 bits per heavy atom. The molecule has 0 bridgehead atoms. The average Bonchev–Trinajstić information content (AvgIpc) is 3.19. The maximum absolute atomic E-state index is 4.29. The van der Waals surface area contributed by atoms with E-state index in [0.717, 1.165) is 31.5 Å². The summed E-state index contributed by atoms with van der Waals surface area (Å²) in [6.45, 7) is 10.6. The lowest BCUT2D eigenvalue weighted by Crippen LogP contribution is -2.61. The molecular formula is C17H30N4. The molecule has 2 heterocycles. The van der Waals surface area contributed by atoms with E-state index in [-0.39, 0.29) is 0 Å². The molecule has 3 rings (SSSR count). The Bertz CT molecular complexity index is 469. The van der Waals surface area contributed by atoms with E-state index in [9.17, 15) is 0 Å². The Kier molecular flexibility index (Phi) is 4.10. The smallest absolute Gasteiger partial charge is 0.0492 e. The highest BCUT2D eigenvalue weighted by molar-refractivity contribution is 5.03. The first kappa shape index (κ1) is 15.0. The Hall–Kier alpha value is -0.870. The summed E-state index contributed by atoms with van der Waals surface area (Å²) in [5.74, 6) is 0.935. The van der Waals surface area contributed by atoms with Gasteiger partial charge in [0.25, 0.3) is 0 Å². The standard InChI is InChI=1S/C17H30N4/c1-17(2,3)16-12-21(15(11-18-16)13-5-6-13)10-8-14-7-9-19-20(14)4/h7,9,13,15-16,18H,5-6,8,10-12H2,1-4H3. The van der Waals surface area contributed by atoms with Crippen molar-refractivity contribution in [3.8, 4) is 0 Å². The second kappa shape index (κ2) is 5.73. The van der Waals surface area contributed by atoms with Crippen LogP contribution in [0.15, 0.2) is 12.3 Å². The summed E-state index contributed by atoms with van der Waals surface area (Å²) < 4.78 is 2.01. The predicted molar refractivity (Wildman–Crippen MR) is 86.2 cm³/mol. The van der Waals surface area contributed by atoms with Gasteiger partial charge in [0.05, 0.1) is 0 Å². The molecule has 0 aromatic carbocycles. The summed E-state index contributed by atoms with van der Waals surface area (Å²) in [7, 11) is 2.05. The van der Waals surface area contributed by atoms with Crippen molar-refractivity contribution in [1.29, 1.82) is 0 Å². The fourth-order valence-corrected chi connectivity index (χ4v) is 3.51. The van der Waals surface area contributed by atoms with Crippen LogP contribution in [0, 0.1) is 11.3 Å². The topological polar surface area (TPSA) is 33.1 Å². The molecule has 1 aliphatic carbocycles. The zero-order chi connectivity index (χ0) is 15.0. The third-order valence-corrected chi connectivity index (χ3v) is 5.25. The first-order chi connectivity index (χ1) is 9.95. The van der Waals surface area contributed by atoms with Crippen molar-refractivity contribution < 1.29 is 0 Å². The summed E-state index contributed by atoms with van der Waals surface area (Å²) >= 11 is 0. The Labute approximate surface area is 128 Å². The molecule has 2 fully saturated rings. The van der Waals surface area contributed by atoms with Crippen molar-refractivity contribution >= 4 is 0 Å². The minimum absolute atomic E-state index is 0.333. The predicted octanol–water partition coefficient (Wildman–Crippen LogP) is 2.06. The normalized spacial score (nSPS) is 28.0. The third-order valence-electron chi connectivity index (χ3n) is 5.25. The van der Waals surface area contributed by atoms with E-state index in [2.05, 4.69) is 42.2 Å². The molecule has 118 valence electrons. The summed E-state index contributed by atoms with van der Waals surface area (Å²) in [6, 6.07) is 3.49. The summed E-state index contributed by atoms with van der Waals surface area (Å²) in [5, 5.41) is 8.09. The Morgan fingerprint density at radius 1 is 1.33 bits per heavy atom. The van der Waals surface area contributed by atoms with E-state index in [1.165, 1.54) is 25.1 Å². The number of aromatic nitrogens is 2. The lowest BCUT2D eigenvalue weighted by atomic mass is 9.84. The Balaban J connectivity index is 1.64. The van der Waals surface area contributed by atoms with E-state index in [1.807, 2.05) is 17.9 Å². The molecule has 0 radical (unpaired) electrons. The minimum Gasteiger partial charge on any atom is -0.311 e. The van der Waals surface area contributed by atoms with Crippen molar-refractivity contribution in [3.63, 3.8) is 0 Å². The number of rotatable bonds is 4. The van der Waals surface area contributed by atoms with Crippen molar-refractivity contribution in [2.24, 2.45) is 18.4 Å². The van der Waals surface area contributed by atoms with Crippen LogP contribution in [0.5, 0.6) is 0 Å². The van der Waals surface area contributed by atoms with Gasteiger partial charge in [-0.05, 0) is 30.2 Å². The van der Waals surface area contributed by atoms with Crippen LogP contribution in [0.2, 0.25) is 0 Å². The van der Waals surface area contributed by atoms with Crippen LogP contribution in [0.4, 0.5) is 0 Å². The van der Waals surface area contributed by atoms with E-state index in [1.54, 1.807) is 0 Å². The van der Waals surface area contributed by atoms with Crippen LogP contribution in [0.25, 0.3) is 0 Å². The molecule has 4 nitrogen and oxygen atoms in total. The van der Waals surface area contributed by atoms with Crippen molar-refractivity contribution in [3.05, 3.63) is 18.0 Å². The monoisotopic (exact) mass is 290 g/mol. The van der Waals surface area contributed by atoms with Gasteiger partial charge in [0.15, 0.2) is 0 Å². The van der Waals surface area contributed by atoms with Gasteiger partial charge in [-0.2, -0.15) is 5.10 Å². The second-order valence-corrected chi connectivity index (χ2v) is 7.92. The van der Waals surface area contributed by atoms with Gasteiger partial charge in [0, 0.05) is 57.1 Å². The molecule has 2 aliphatic rings. The van der Waals surface area contributed by atoms with Crippen LogP contribution in [-0.2, 0) is 13.5 Å². The number of piperazine rings is 1. The van der Waals surface area contributed by atoms with Gasteiger partial charge in [0.1, 0.15) is 0 Å². The minimum atomic E-state index is 0.333. The molecule has 1 saturated carbocycles. The third kappa shape index (κ3) is 3.49. The zero-order valence-corrected chi connectivity index (χ0v) is 14.0. The van der Waals surface area contributed by atoms with E-state index in [0.29, 0.717) is 11.5 Å². The van der Waals surface area contributed by atoms with Gasteiger partial charge in [-0.15, -0.1) is 0 Å². The maximum atomic E-state index is 4.29. The fraction of sp³-hybridized carbons (Fsp3) is 0.824. The van der Waals surface area contributed by atoms with Crippen molar-refractivity contribution in [2.45, 2.75) is 52.1 Å². The van der Waals surface area contributed by atoms with E-state index in [4.69, 9.17) is 0 Å². The van der Waals surface area contributed by atoms with Crippen LogP contribution in [0.3, 0.4) is 0 Å². The largest absolute Gasteiger partial charge is 0.311 e. The summed E-state index contributed by atoms with van der Waals surface area (Å²) in [6.07, 6.45) is 5.86. The molecule has 1 aromatic heterocycles. The molecule has 1 saturated heterocycles. The highest BCUT2D eigenvalue weighted by atomic mass is 15.3. The Morgan fingerprint density at radius 2 is 2.10 bits per heavy atom. The second-order valence-electron chi connectivity index (χ2n) is 7.92. The summed E-state index contributed by atoms with van der Waals surface area (Å²) in [5.41, 5.74) is 1.68. The van der Waals surface area contributed by atoms with Gasteiger partial charge < -0.3 is 5.32 Å². The van der Waals surface area contributed by atoms with Crippen molar-refractivity contribution in [1.82, 2.24) is 20.0 Å². The number of hydrogen-bond acceptors (Lipinski definition) is 3. The van der Waals surface area contributed by atoms with Crippen LogP contribution < -0.4 is 5.32 Å². The van der Waals surface area contributed by atoms with Crippen LogP contribution >= 0.6 is 0 Å². The van der Waals surface area contributed by atoms with E-state index >= 15 is 0 Å². The van der Waals surface area contributed by atoms with Gasteiger partial charge in [0.2, 0.25) is 0 Å². The number of aryl methyl sites for hydroxylation is 1. The molecule has 0 amide bonds. The quantitative estimate of drug-likeness (QED) is 0.921. The zero-order valence-electron chi connectivity index (χ0n) is 14.0. The first-order valence-electron chi connectivity index (χ1n) is 8.39. The number of nitrogens with zero attached hydrogens (tertiary/aromatic N) is 3. The highest BCUT2D eigenvalue weighted by Crippen LogP contribution is 2.37. The number of nitrogens with one attached hydrogen (secondary N) is 1. The molecule has 2 unspecified atom stereocenters. The van der Waals surface area contributed by atoms with Crippen molar-refractivity contribution in [2.75, 3.05) is 19.6 Å². The molecule has 1 aliphatic heterocycles. The molecule has 1 aromatic rings.